The monoisotopic (exact) mass is 286 g/mol. The second-order valence-electron chi connectivity index (χ2n) is 8.12. The van der Waals surface area contributed by atoms with Gasteiger partial charge in [0.2, 0.25) is 0 Å². The van der Waals surface area contributed by atoms with E-state index in [-0.39, 0.29) is 16.9 Å². The Morgan fingerprint density at radius 2 is 1.86 bits per heavy atom. The van der Waals surface area contributed by atoms with Gasteiger partial charge in [-0.3, -0.25) is 4.79 Å². The Bertz CT molecular complexity index is 570. The maximum absolute atomic E-state index is 11.8. The van der Waals surface area contributed by atoms with Crippen molar-refractivity contribution >= 4 is 5.78 Å². The van der Waals surface area contributed by atoms with E-state index < -0.39 is 0 Å². The van der Waals surface area contributed by atoms with Gasteiger partial charge in [-0.05, 0) is 62.4 Å². The molecule has 0 saturated heterocycles. The Hall–Kier alpha value is -0.890. The lowest BCUT2D eigenvalue weighted by Gasteiger charge is -2.52. The molecule has 4 aliphatic rings. The Morgan fingerprint density at radius 1 is 1.05 bits per heavy atom. The summed E-state index contributed by atoms with van der Waals surface area (Å²) in [5.41, 5.74) is 4.92. The molecular weight excluding hydrogens is 260 g/mol. The summed E-state index contributed by atoms with van der Waals surface area (Å²) in [6.45, 7) is 4.67. The number of ketones is 1. The molecule has 1 N–H and O–H groups in total. The van der Waals surface area contributed by atoms with Crippen molar-refractivity contribution in [2.75, 3.05) is 0 Å². The lowest BCUT2D eigenvalue weighted by molar-refractivity contribution is -0.116. The fourth-order valence-electron chi connectivity index (χ4n) is 5.79. The summed E-state index contributed by atoms with van der Waals surface area (Å²) in [6.07, 6.45) is 10.1. The third kappa shape index (κ3) is 1.72. The van der Waals surface area contributed by atoms with E-state index in [1.54, 1.807) is 11.1 Å². The molecule has 0 radical (unpaired) electrons. The molecule has 0 aliphatic heterocycles. The van der Waals surface area contributed by atoms with Crippen LogP contribution >= 0.6 is 0 Å². The van der Waals surface area contributed by atoms with Crippen LogP contribution in [0.4, 0.5) is 0 Å². The van der Waals surface area contributed by atoms with Gasteiger partial charge in [0.05, 0.1) is 6.10 Å². The Morgan fingerprint density at radius 3 is 2.67 bits per heavy atom. The van der Waals surface area contributed by atoms with Crippen molar-refractivity contribution in [2.45, 2.75) is 71.3 Å². The molecule has 0 unspecified atom stereocenters. The van der Waals surface area contributed by atoms with Gasteiger partial charge in [-0.2, -0.15) is 0 Å². The molecule has 0 bridgehead atoms. The van der Waals surface area contributed by atoms with E-state index in [2.05, 4.69) is 13.8 Å². The molecule has 2 saturated carbocycles. The third-order valence-electron chi connectivity index (χ3n) is 7.25. The number of rotatable bonds is 0. The van der Waals surface area contributed by atoms with Crippen LogP contribution in [0.25, 0.3) is 0 Å². The van der Waals surface area contributed by atoms with Crippen LogP contribution in [0.5, 0.6) is 0 Å². The van der Waals surface area contributed by atoms with Gasteiger partial charge in [0.15, 0.2) is 5.78 Å². The average Bonchev–Trinajstić information content (AvgIpc) is 2.76. The molecule has 0 aromatic heterocycles. The standard InChI is InChI=1S/C19H26O2/c1-18-9-7-13(20)11-12(18)3-4-14-15-5-6-17(21)19(15,2)10-8-16(14)18/h11,16-17,21H,3-10H2,1-2H3/t16-,17-,18-,19-/m0/s1. The number of aliphatic hydroxyl groups excluding tert-OH is 1. The summed E-state index contributed by atoms with van der Waals surface area (Å²) in [6, 6.07) is 0. The third-order valence-corrected chi connectivity index (χ3v) is 7.25. The molecule has 0 spiro atoms. The molecular formula is C19H26O2. The number of carbonyl (C=O) groups is 1. The first-order valence-corrected chi connectivity index (χ1v) is 8.59. The molecule has 0 aromatic carbocycles. The van der Waals surface area contributed by atoms with Crippen molar-refractivity contribution < 1.29 is 9.90 Å². The van der Waals surface area contributed by atoms with Crippen LogP contribution in [0.1, 0.15) is 65.2 Å². The first-order valence-electron chi connectivity index (χ1n) is 8.59. The second kappa shape index (κ2) is 4.32. The Kier molecular flexibility index (Phi) is 2.83. The predicted molar refractivity (Wildman–Crippen MR) is 82.8 cm³/mol. The normalized spacial score (nSPS) is 45.9. The summed E-state index contributed by atoms with van der Waals surface area (Å²) < 4.78 is 0. The molecule has 0 aromatic rings. The quantitative estimate of drug-likeness (QED) is 0.685. The van der Waals surface area contributed by atoms with E-state index in [9.17, 15) is 9.90 Å². The maximum Gasteiger partial charge on any atom is 0.155 e. The predicted octanol–water partition coefficient (Wildman–Crippen LogP) is 3.94. The highest BCUT2D eigenvalue weighted by Gasteiger charge is 2.53. The number of aliphatic hydroxyl groups is 1. The molecule has 0 amide bonds. The van der Waals surface area contributed by atoms with E-state index in [0.29, 0.717) is 11.7 Å². The van der Waals surface area contributed by atoms with Gasteiger partial charge in [0.25, 0.3) is 0 Å². The van der Waals surface area contributed by atoms with Gasteiger partial charge in [-0.25, -0.2) is 0 Å². The van der Waals surface area contributed by atoms with Crippen molar-refractivity contribution in [3.05, 3.63) is 22.8 Å². The number of carbonyl (C=O) groups excluding carboxylic acids is 1. The summed E-state index contributed by atoms with van der Waals surface area (Å²) in [4.78, 5) is 11.8. The van der Waals surface area contributed by atoms with Crippen molar-refractivity contribution in [3.8, 4) is 0 Å². The molecule has 21 heavy (non-hydrogen) atoms. The van der Waals surface area contributed by atoms with Gasteiger partial charge in [-0.15, -0.1) is 0 Å². The van der Waals surface area contributed by atoms with Crippen LogP contribution in [-0.2, 0) is 4.79 Å². The fraction of sp³-hybridized carbons (Fsp3) is 0.737. The highest BCUT2D eigenvalue weighted by molar-refractivity contribution is 5.91. The van der Waals surface area contributed by atoms with Crippen molar-refractivity contribution in [1.29, 1.82) is 0 Å². The number of hydrogen-bond acceptors (Lipinski definition) is 2. The molecule has 4 aliphatic carbocycles. The SMILES string of the molecule is C[C@]12CC[C@H]3C(=C1CC[C@@H]2O)CCC1=CC(=O)CC[C@@]13C. The van der Waals surface area contributed by atoms with Crippen LogP contribution < -0.4 is 0 Å². The minimum atomic E-state index is -0.140. The van der Waals surface area contributed by atoms with Gasteiger partial charge in [-0.1, -0.05) is 30.6 Å². The maximum atomic E-state index is 11.8. The zero-order chi connectivity index (χ0) is 14.8. The highest BCUT2D eigenvalue weighted by Crippen LogP contribution is 2.62. The van der Waals surface area contributed by atoms with Gasteiger partial charge >= 0.3 is 0 Å². The van der Waals surface area contributed by atoms with Crippen LogP contribution in [0.3, 0.4) is 0 Å². The smallest absolute Gasteiger partial charge is 0.155 e. The molecule has 4 atom stereocenters. The van der Waals surface area contributed by atoms with E-state index in [0.717, 1.165) is 44.9 Å². The van der Waals surface area contributed by atoms with E-state index in [1.807, 2.05) is 6.08 Å². The van der Waals surface area contributed by atoms with Crippen LogP contribution in [0, 0.1) is 16.7 Å². The molecule has 4 rings (SSSR count). The summed E-state index contributed by atoms with van der Waals surface area (Å²) in [5, 5.41) is 10.4. The largest absolute Gasteiger partial charge is 0.392 e. The van der Waals surface area contributed by atoms with E-state index in [1.165, 1.54) is 12.0 Å². The summed E-state index contributed by atoms with van der Waals surface area (Å²) in [7, 11) is 0. The van der Waals surface area contributed by atoms with Crippen LogP contribution in [0.15, 0.2) is 22.8 Å². The lowest BCUT2D eigenvalue weighted by atomic mass is 9.52. The van der Waals surface area contributed by atoms with Gasteiger partial charge in [0.1, 0.15) is 0 Å². The van der Waals surface area contributed by atoms with E-state index in [4.69, 9.17) is 0 Å². The fourth-order valence-corrected chi connectivity index (χ4v) is 5.79. The topological polar surface area (TPSA) is 37.3 Å². The lowest BCUT2D eigenvalue weighted by Crippen LogP contribution is -2.43. The zero-order valence-electron chi connectivity index (χ0n) is 13.2. The molecule has 2 heteroatoms. The zero-order valence-corrected chi connectivity index (χ0v) is 13.2. The number of fused-ring (bicyclic) bond motifs is 4. The number of allylic oxidation sites excluding steroid dienone is 3. The van der Waals surface area contributed by atoms with Gasteiger partial charge in [0, 0.05) is 11.8 Å². The summed E-state index contributed by atoms with van der Waals surface area (Å²) in [5.74, 6) is 0.953. The van der Waals surface area contributed by atoms with Crippen LogP contribution in [-0.4, -0.2) is 17.0 Å². The summed E-state index contributed by atoms with van der Waals surface area (Å²) >= 11 is 0. The molecule has 0 heterocycles. The van der Waals surface area contributed by atoms with Gasteiger partial charge < -0.3 is 5.11 Å². The Labute approximate surface area is 127 Å². The van der Waals surface area contributed by atoms with Crippen LogP contribution in [0.2, 0.25) is 0 Å². The van der Waals surface area contributed by atoms with Crippen molar-refractivity contribution in [2.24, 2.45) is 16.7 Å². The first kappa shape index (κ1) is 13.8. The minimum Gasteiger partial charge on any atom is -0.392 e. The highest BCUT2D eigenvalue weighted by atomic mass is 16.3. The molecule has 114 valence electrons. The van der Waals surface area contributed by atoms with Crippen molar-refractivity contribution in [3.63, 3.8) is 0 Å². The molecule has 2 nitrogen and oxygen atoms in total. The Balaban J connectivity index is 1.80. The second-order valence-corrected chi connectivity index (χ2v) is 8.12. The number of hydrogen-bond donors (Lipinski definition) is 1. The average molecular weight is 286 g/mol. The van der Waals surface area contributed by atoms with E-state index >= 15 is 0 Å². The molecule has 2 fully saturated rings. The minimum absolute atomic E-state index is 0.0495. The first-order chi connectivity index (χ1) is 9.95. The van der Waals surface area contributed by atoms with Crippen molar-refractivity contribution in [1.82, 2.24) is 0 Å².